The van der Waals surface area contributed by atoms with Gasteiger partial charge in [0.25, 0.3) is 5.91 Å². The summed E-state index contributed by atoms with van der Waals surface area (Å²) in [7, 11) is 0. The molecule has 2 rings (SSSR count). The number of rotatable bonds is 5. The number of ether oxygens (including phenoxy) is 1. The highest BCUT2D eigenvalue weighted by atomic mass is 19.1. The average molecular weight is 318 g/mol. The highest BCUT2D eigenvalue weighted by molar-refractivity contribution is 5.84. The normalized spacial score (nSPS) is 12.6. The first-order valence-corrected chi connectivity index (χ1v) is 7.18. The summed E-state index contributed by atoms with van der Waals surface area (Å²) < 4.78 is 19.6. The summed E-state index contributed by atoms with van der Waals surface area (Å²) in [5, 5.41) is 12.3. The zero-order valence-corrected chi connectivity index (χ0v) is 13.2. The molecular formula is C17H19FN2O3. The molecule has 1 heterocycles. The number of nitrogens with zero attached hydrogens (tertiary/aromatic N) is 1. The maximum absolute atomic E-state index is 14.2. The van der Waals surface area contributed by atoms with Gasteiger partial charge in [-0.3, -0.25) is 9.78 Å². The first-order chi connectivity index (χ1) is 10.8. The van der Waals surface area contributed by atoms with Crippen LogP contribution in [0.4, 0.5) is 4.39 Å². The predicted octanol–water partition coefficient (Wildman–Crippen LogP) is 2.96. The van der Waals surface area contributed by atoms with Gasteiger partial charge in [-0.2, -0.15) is 0 Å². The number of halogens is 1. The number of carbonyl (C=O) groups excluding carboxylic acids is 1. The minimum absolute atomic E-state index is 0.0720. The van der Waals surface area contributed by atoms with Crippen LogP contribution in [-0.2, 0) is 4.79 Å². The van der Waals surface area contributed by atoms with Crippen molar-refractivity contribution >= 4 is 5.91 Å². The Balaban J connectivity index is 2.11. The molecule has 1 aromatic carbocycles. The third-order valence-corrected chi connectivity index (χ3v) is 3.22. The van der Waals surface area contributed by atoms with Crippen LogP contribution in [0.5, 0.6) is 11.5 Å². The van der Waals surface area contributed by atoms with Gasteiger partial charge in [0, 0.05) is 6.20 Å². The molecule has 0 radical (unpaired) electrons. The molecule has 5 nitrogen and oxygen atoms in total. The molecule has 1 aromatic heterocycles. The molecule has 0 aliphatic heterocycles. The SMILES string of the molecule is C[C@@H](NC(=O)C(C)(C)O)c1ccc(Oc2cccnc2)c(F)c1. The molecule has 0 aliphatic rings. The van der Waals surface area contributed by atoms with Crippen LogP contribution in [0.2, 0.25) is 0 Å². The van der Waals surface area contributed by atoms with Crippen molar-refractivity contribution in [1.82, 2.24) is 10.3 Å². The molecule has 0 unspecified atom stereocenters. The maximum atomic E-state index is 14.2. The number of carbonyl (C=O) groups is 1. The van der Waals surface area contributed by atoms with Crippen molar-refractivity contribution < 1.29 is 19.0 Å². The molecule has 0 saturated heterocycles. The van der Waals surface area contributed by atoms with Crippen molar-refractivity contribution in [2.45, 2.75) is 32.4 Å². The third-order valence-electron chi connectivity index (χ3n) is 3.22. The number of pyridine rings is 1. The minimum atomic E-state index is -1.49. The van der Waals surface area contributed by atoms with E-state index < -0.39 is 23.4 Å². The van der Waals surface area contributed by atoms with Crippen LogP contribution in [0.15, 0.2) is 42.7 Å². The summed E-state index contributed by atoms with van der Waals surface area (Å²) in [5.41, 5.74) is -0.922. The number of hydrogen-bond acceptors (Lipinski definition) is 4. The smallest absolute Gasteiger partial charge is 0.251 e. The van der Waals surface area contributed by atoms with Gasteiger partial charge in [0.15, 0.2) is 11.6 Å². The molecule has 0 fully saturated rings. The summed E-state index contributed by atoms with van der Waals surface area (Å²) >= 11 is 0. The third kappa shape index (κ3) is 4.50. The van der Waals surface area contributed by atoms with E-state index in [9.17, 15) is 14.3 Å². The fraction of sp³-hybridized carbons (Fsp3) is 0.294. The number of amides is 1. The monoisotopic (exact) mass is 318 g/mol. The van der Waals surface area contributed by atoms with Crippen LogP contribution in [0.3, 0.4) is 0 Å². The lowest BCUT2D eigenvalue weighted by Gasteiger charge is -2.21. The van der Waals surface area contributed by atoms with E-state index >= 15 is 0 Å². The van der Waals surface area contributed by atoms with Gasteiger partial charge in [0.1, 0.15) is 11.4 Å². The van der Waals surface area contributed by atoms with Gasteiger partial charge in [0.2, 0.25) is 0 Å². The molecule has 0 saturated carbocycles. The van der Waals surface area contributed by atoms with Gasteiger partial charge in [0.05, 0.1) is 12.2 Å². The molecule has 0 bridgehead atoms. The van der Waals surface area contributed by atoms with Gasteiger partial charge in [-0.25, -0.2) is 4.39 Å². The molecule has 0 aliphatic carbocycles. The van der Waals surface area contributed by atoms with E-state index in [2.05, 4.69) is 10.3 Å². The molecular weight excluding hydrogens is 299 g/mol. The van der Waals surface area contributed by atoms with E-state index in [0.29, 0.717) is 11.3 Å². The van der Waals surface area contributed by atoms with Crippen LogP contribution in [-0.4, -0.2) is 21.6 Å². The standard InChI is InChI=1S/C17H19FN2O3/c1-11(20-16(21)17(2,3)22)12-6-7-15(14(18)9-12)23-13-5-4-8-19-10-13/h4-11,22H,1-3H3,(H,20,21)/t11-/m1/s1. The van der Waals surface area contributed by atoms with Gasteiger partial charge in [-0.05, 0) is 50.6 Å². The first-order valence-electron chi connectivity index (χ1n) is 7.18. The zero-order valence-electron chi connectivity index (χ0n) is 13.2. The van der Waals surface area contributed by atoms with Crippen molar-refractivity contribution in [2.75, 3.05) is 0 Å². The Morgan fingerprint density at radius 1 is 1.39 bits per heavy atom. The summed E-state index contributed by atoms with van der Waals surface area (Å²) in [6.45, 7) is 4.49. The van der Waals surface area contributed by atoms with Crippen LogP contribution in [0, 0.1) is 5.82 Å². The van der Waals surface area contributed by atoms with Crippen LogP contribution in [0.25, 0.3) is 0 Å². The zero-order chi connectivity index (χ0) is 17.0. The minimum Gasteiger partial charge on any atom is -0.453 e. The van der Waals surface area contributed by atoms with Crippen LogP contribution < -0.4 is 10.1 Å². The van der Waals surface area contributed by atoms with Gasteiger partial charge in [-0.15, -0.1) is 0 Å². The number of benzene rings is 1. The Labute approximate surface area is 134 Å². The highest BCUT2D eigenvalue weighted by Crippen LogP contribution is 2.26. The van der Waals surface area contributed by atoms with Gasteiger partial charge >= 0.3 is 0 Å². The predicted molar refractivity (Wildman–Crippen MR) is 83.6 cm³/mol. The van der Waals surface area contributed by atoms with Gasteiger partial charge < -0.3 is 15.2 Å². The first kappa shape index (κ1) is 16.9. The lowest BCUT2D eigenvalue weighted by atomic mass is 10.1. The molecule has 2 aromatic rings. The van der Waals surface area contributed by atoms with E-state index in [0.717, 1.165) is 0 Å². The molecule has 2 N–H and O–H groups in total. The van der Waals surface area contributed by atoms with Crippen molar-refractivity contribution in [3.8, 4) is 11.5 Å². The molecule has 1 amide bonds. The van der Waals surface area contributed by atoms with Crippen molar-refractivity contribution in [3.63, 3.8) is 0 Å². The second kappa shape index (κ2) is 6.75. The molecule has 6 heteroatoms. The topological polar surface area (TPSA) is 71.5 Å². The lowest BCUT2D eigenvalue weighted by molar-refractivity contribution is -0.137. The summed E-state index contributed by atoms with van der Waals surface area (Å²) in [5.74, 6) is -0.567. The number of nitrogens with one attached hydrogen (secondary N) is 1. The number of aromatic nitrogens is 1. The van der Waals surface area contributed by atoms with Crippen LogP contribution >= 0.6 is 0 Å². The van der Waals surface area contributed by atoms with Crippen molar-refractivity contribution in [2.24, 2.45) is 0 Å². The quantitative estimate of drug-likeness (QED) is 0.889. The van der Waals surface area contributed by atoms with E-state index in [1.807, 2.05) is 0 Å². The van der Waals surface area contributed by atoms with Crippen molar-refractivity contribution in [3.05, 3.63) is 54.1 Å². The van der Waals surface area contributed by atoms with Crippen LogP contribution in [0.1, 0.15) is 32.4 Å². The molecule has 1 atom stereocenters. The maximum Gasteiger partial charge on any atom is 0.251 e. The van der Waals surface area contributed by atoms with Crippen molar-refractivity contribution in [1.29, 1.82) is 0 Å². The highest BCUT2D eigenvalue weighted by Gasteiger charge is 2.25. The fourth-order valence-electron chi connectivity index (χ4n) is 1.86. The van der Waals surface area contributed by atoms with E-state index in [4.69, 9.17) is 4.74 Å². The Morgan fingerprint density at radius 3 is 2.70 bits per heavy atom. The van der Waals surface area contributed by atoms with E-state index in [1.54, 1.807) is 31.3 Å². The number of aliphatic hydroxyl groups is 1. The molecule has 122 valence electrons. The van der Waals surface area contributed by atoms with E-state index in [1.165, 1.54) is 32.2 Å². The number of hydrogen-bond donors (Lipinski definition) is 2. The van der Waals surface area contributed by atoms with Gasteiger partial charge in [-0.1, -0.05) is 6.07 Å². The second-order valence-corrected chi connectivity index (χ2v) is 5.73. The Bertz CT molecular complexity index is 684. The average Bonchev–Trinajstić information content (AvgIpc) is 2.49. The van der Waals surface area contributed by atoms with E-state index in [-0.39, 0.29) is 5.75 Å². The Kier molecular flexibility index (Phi) is 4.95. The fourth-order valence-corrected chi connectivity index (χ4v) is 1.86. The Hall–Kier alpha value is -2.47. The molecule has 0 spiro atoms. The lowest BCUT2D eigenvalue weighted by Crippen LogP contribution is -2.42. The summed E-state index contributed by atoms with van der Waals surface area (Å²) in [6, 6.07) is 7.36. The molecule has 23 heavy (non-hydrogen) atoms. The second-order valence-electron chi connectivity index (χ2n) is 5.73. The summed E-state index contributed by atoms with van der Waals surface area (Å²) in [6.07, 6.45) is 3.08. The largest absolute Gasteiger partial charge is 0.453 e. The summed E-state index contributed by atoms with van der Waals surface area (Å²) in [4.78, 5) is 15.6. The Morgan fingerprint density at radius 2 is 2.13 bits per heavy atom.